The third-order valence-corrected chi connectivity index (χ3v) is 7.06. The number of carbonyl (C=O) groups excluding carboxylic acids is 1. The van der Waals surface area contributed by atoms with Crippen molar-refractivity contribution in [3.8, 4) is 5.75 Å². The second kappa shape index (κ2) is 8.49. The normalized spacial score (nSPS) is 18.3. The van der Waals surface area contributed by atoms with Gasteiger partial charge in [-0.15, -0.1) is 0 Å². The first-order valence-corrected chi connectivity index (χ1v) is 11.8. The van der Waals surface area contributed by atoms with Crippen molar-refractivity contribution >= 4 is 16.8 Å². The summed E-state index contributed by atoms with van der Waals surface area (Å²) in [5.41, 5.74) is 3.88. The van der Waals surface area contributed by atoms with Crippen LogP contribution < -0.4 is 10.1 Å². The molecule has 0 radical (unpaired) electrons. The first kappa shape index (κ1) is 22.0. The third kappa shape index (κ3) is 4.49. The van der Waals surface area contributed by atoms with Gasteiger partial charge in [0.05, 0.1) is 0 Å². The van der Waals surface area contributed by atoms with E-state index in [2.05, 4.69) is 42.3 Å². The number of fused-ring (bicyclic) bond motifs is 2. The fourth-order valence-electron chi connectivity index (χ4n) is 5.26. The molecule has 0 bridgehead atoms. The molecule has 0 saturated carbocycles. The lowest BCUT2D eigenvalue weighted by atomic mass is 9.96. The van der Waals surface area contributed by atoms with Crippen LogP contribution in [0.25, 0.3) is 10.9 Å². The summed E-state index contributed by atoms with van der Waals surface area (Å²) in [5.74, 6) is 1.15. The number of benzene rings is 2. The van der Waals surface area contributed by atoms with Gasteiger partial charge >= 0.3 is 0 Å². The van der Waals surface area contributed by atoms with E-state index in [1.165, 1.54) is 23.3 Å². The number of hydrogen-bond acceptors (Lipinski definition) is 3. The van der Waals surface area contributed by atoms with Crippen LogP contribution in [0.15, 0.2) is 42.5 Å². The van der Waals surface area contributed by atoms with Crippen LogP contribution in [0, 0.1) is 11.7 Å². The predicted molar refractivity (Wildman–Crippen MR) is 128 cm³/mol. The van der Waals surface area contributed by atoms with E-state index < -0.39 is 0 Å². The van der Waals surface area contributed by atoms with Gasteiger partial charge in [-0.3, -0.25) is 9.69 Å². The Morgan fingerprint density at radius 1 is 1.18 bits per heavy atom. The van der Waals surface area contributed by atoms with Gasteiger partial charge in [0, 0.05) is 43.0 Å². The number of amides is 1. The molecule has 0 atom stereocenters. The third-order valence-electron chi connectivity index (χ3n) is 7.06. The summed E-state index contributed by atoms with van der Waals surface area (Å²) in [4.78, 5) is 15.3. The molecule has 2 aromatic carbocycles. The summed E-state index contributed by atoms with van der Waals surface area (Å²) in [6.07, 6.45) is 3.08. The first-order chi connectivity index (χ1) is 15.8. The van der Waals surface area contributed by atoms with Gasteiger partial charge in [0.2, 0.25) is 0 Å². The topological polar surface area (TPSA) is 46.5 Å². The standard InChI is InChI=1S/C27H32FN3O2/c1-27(2)15-19-5-4-6-20(25(19)33-27)17-31-11-9-18(10-12-31)16-29-26(32)24-14-21-13-22(28)7-8-23(21)30(24)3/h4-8,13-14,18H,9-12,15-17H2,1-3H3,(H,29,32). The van der Waals surface area contributed by atoms with Gasteiger partial charge in [-0.25, -0.2) is 4.39 Å². The Morgan fingerprint density at radius 2 is 1.97 bits per heavy atom. The van der Waals surface area contributed by atoms with Gasteiger partial charge in [0.15, 0.2) is 0 Å². The highest BCUT2D eigenvalue weighted by Gasteiger charge is 2.32. The van der Waals surface area contributed by atoms with E-state index >= 15 is 0 Å². The molecule has 2 aliphatic heterocycles. The van der Waals surface area contributed by atoms with Gasteiger partial charge in [0.1, 0.15) is 22.9 Å². The molecule has 3 aromatic rings. The number of para-hydroxylation sites is 1. The van der Waals surface area contributed by atoms with Crippen LogP contribution >= 0.6 is 0 Å². The largest absolute Gasteiger partial charge is 0.487 e. The van der Waals surface area contributed by atoms with Crippen LogP contribution in [-0.2, 0) is 20.0 Å². The summed E-state index contributed by atoms with van der Waals surface area (Å²) in [5, 5.41) is 3.85. The average molecular weight is 450 g/mol. The lowest BCUT2D eigenvalue weighted by Crippen LogP contribution is -2.38. The lowest BCUT2D eigenvalue weighted by Gasteiger charge is -2.32. The minimum absolute atomic E-state index is 0.101. The number of aryl methyl sites for hydroxylation is 1. The van der Waals surface area contributed by atoms with Crippen LogP contribution in [0.5, 0.6) is 5.75 Å². The Kier molecular flexibility index (Phi) is 5.65. The molecule has 1 N–H and O–H groups in total. The molecule has 3 heterocycles. The molecule has 5 nitrogen and oxygen atoms in total. The van der Waals surface area contributed by atoms with Crippen molar-refractivity contribution in [2.45, 2.75) is 45.3 Å². The van der Waals surface area contributed by atoms with Crippen LogP contribution in [-0.4, -0.2) is 40.6 Å². The maximum atomic E-state index is 13.5. The molecule has 174 valence electrons. The quantitative estimate of drug-likeness (QED) is 0.616. The molecule has 1 amide bonds. The van der Waals surface area contributed by atoms with Crippen LogP contribution in [0.4, 0.5) is 4.39 Å². The van der Waals surface area contributed by atoms with Crippen molar-refractivity contribution in [1.82, 2.24) is 14.8 Å². The molecule has 33 heavy (non-hydrogen) atoms. The van der Waals surface area contributed by atoms with Gasteiger partial charge in [0.25, 0.3) is 5.91 Å². The number of piperidine rings is 1. The first-order valence-electron chi connectivity index (χ1n) is 11.8. The zero-order valence-electron chi connectivity index (χ0n) is 19.7. The Labute approximate surface area is 194 Å². The lowest BCUT2D eigenvalue weighted by molar-refractivity contribution is 0.0926. The van der Waals surface area contributed by atoms with Crippen LogP contribution in [0.1, 0.15) is 48.3 Å². The van der Waals surface area contributed by atoms with Crippen molar-refractivity contribution in [3.63, 3.8) is 0 Å². The van der Waals surface area contributed by atoms with Gasteiger partial charge in [-0.1, -0.05) is 18.2 Å². The Bertz CT molecular complexity index is 1190. The monoisotopic (exact) mass is 449 g/mol. The number of nitrogens with one attached hydrogen (secondary N) is 1. The Hall–Kier alpha value is -2.86. The number of carbonyl (C=O) groups is 1. The number of hydrogen-bond donors (Lipinski definition) is 1. The molecule has 0 unspecified atom stereocenters. The molecule has 0 spiro atoms. The van der Waals surface area contributed by atoms with Crippen LogP contribution in [0.3, 0.4) is 0 Å². The summed E-state index contributed by atoms with van der Waals surface area (Å²) in [6, 6.07) is 12.9. The van der Waals surface area contributed by atoms with E-state index in [4.69, 9.17) is 4.74 Å². The highest BCUT2D eigenvalue weighted by molar-refractivity contribution is 5.98. The number of rotatable bonds is 5. The second-order valence-corrected chi connectivity index (χ2v) is 10.2. The van der Waals surface area contributed by atoms with E-state index in [9.17, 15) is 9.18 Å². The van der Waals surface area contributed by atoms with E-state index in [1.54, 1.807) is 12.1 Å². The number of halogens is 1. The Morgan fingerprint density at radius 3 is 2.76 bits per heavy atom. The molecule has 1 fully saturated rings. The highest BCUT2D eigenvalue weighted by atomic mass is 19.1. The smallest absolute Gasteiger partial charge is 0.267 e. The molecular formula is C27H32FN3O2. The van der Waals surface area contributed by atoms with Crippen molar-refractivity contribution in [3.05, 3.63) is 65.1 Å². The second-order valence-electron chi connectivity index (χ2n) is 10.2. The molecular weight excluding hydrogens is 417 g/mol. The predicted octanol–water partition coefficient (Wildman–Crippen LogP) is 4.67. The average Bonchev–Trinajstić information content (AvgIpc) is 3.28. The van der Waals surface area contributed by atoms with Gasteiger partial charge in [-0.2, -0.15) is 0 Å². The fraction of sp³-hybridized carbons (Fsp3) is 0.444. The summed E-state index contributed by atoms with van der Waals surface area (Å²) in [6.45, 7) is 7.90. The summed E-state index contributed by atoms with van der Waals surface area (Å²) < 4.78 is 21.6. The SMILES string of the molecule is Cn1c(C(=O)NCC2CCN(Cc3cccc4c3OC(C)(C)C4)CC2)cc2cc(F)ccc21. The minimum atomic E-state index is -0.289. The zero-order chi connectivity index (χ0) is 23.2. The maximum absolute atomic E-state index is 13.5. The molecule has 2 aliphatic rings. The summed E-state index contributed by atoms with van der Waals surface area (Å²) >= 11 is 0. The van der Waals surface area contributed by atoms with Crippen molar-refractivity contribution < 1.29 is 13.9 Å². The van der Waals surface area contributed by atoms with Crippen LogP contribution in [0.2, 0.25) is 0 Å². The fourth-order valence-corrected chi connectivity index (χ4v) is 5.26. The van der Waals surface area contributed by atoms with E-state index in [0.717, 1.165) is 55.5 Å². The zero-order valence-corrected chi connectivity index (χ0v) is 19.7. The number of ether oxygens (including phenoxy) is 1. The van der Waals surface area contributed by atoms with Crippen molar-refractivity contribution in [2.75, 3.05) is 19.6 Å². The van der Waals surface area contributed by atoms with Gasteiger partial charge in [-0.05, 0) is 75.5 Å². The molecule has 0 aliphatic carbocycles. The molecule has 1 saturated heterocycles. The Balaban J connectivity index is 1.14. The van der Waals surface area contributed by atoms with Crippen molar-refractivity contribution in [2.24, 2.45) is 13.0 Å². The maximum Gasteiger partial charge on any atom is 0.267 e. The number of aromatic nitrogens is 1. The molecule has 6 heteroatoms. The number of likely N-dealkylation sites (tertiary alicyclic amines) is 1. The van der Waals surface area contributed by atoms with E-state index in [0.29, 0.717) is 18.2 Å². The molecule has 1 aromatic heterocycles. The minimum Gasteiger partial charge on any atom is -0.487 e. The highest BCUT2D eigenvalue weighted by Crippen LogP contribution is 2.38. The van der Waals surface area contributed by atoms with Gasteiger partial charge < -0.3 is 14.6 Å². The van der Waals surface area contributed by atoms with E-state index in [-0.39, 0.29) is 17.3 Å². The summed E-state index contributed by atoms with van der Waals surface area (Å²) in [7, 11) is 1.85. The van der Waals surface area contributed by atoms with Crippen molar-refractivity contribution in [1.29, 1.82) is 0 Å². The van der Waals surface area contributed by atoms with E-state index in [1.807, 2.05) is 11.6 Å². The molecule has 5 rings (SSSR count). The number of nitrogens with zero attached hydrogens (tertiary/aromatic N) is 2.